The topological polar surface area (TPSA) is 355 Å². The van der Waals surface area contributed by atoms with Crippen LogP contribution in [0, 0.1) is 11.8 Å². The van der Waals surface area contributed by atoms with E-state index in [1.54, 1.807) is 0 Å². The van der Waals surface area contributed by atoms with Crippen LogP contribution < -0.4 is 0 Å². The highest BCUT2D eigenvalue weighted by atomic mass is 32.3. The highest BCUT2D eigenvalue weighted by molar-refractivity contribution is 7.81. The molecule has 12 atom stereocenters. The van der Waals surface area contributed by atoms with Gasteiger partial charge in [0.1, 0.15) is 30.5 Å². The van der Waals surface area contributed by atoms with Crippen molar-refractivity contribution >= 4 is 37.2 Å². The molecule has 3 rings (SSSR count). The van der Waals surface area contributed by atoms with Gasteiger partial charge in [-0.15, -0.1) is 0 Å². The van der Waals surface area contributed by atoms with Crippen LogP contribution in [0.25, 0.3) is 0 Å². The average molecular weight is 753 g/mol. The molecule has 3 aliphatic rings. The van der Waals surface area contributed by atoms with Crippen LogP contribution in [0.1, 0.15) is 14.4 Å². The van der Waals surface area contributed by atoms with Crippen molar-refractivity contribution in [1.82, 2.24) is 0 Å². The second-order valence-electron chi connectivity index (χ2n) is 10.1. The zero-order valence-corrected chi connectivity index (χ0v) is 25.7. The summed E-state index contributed by atoms with van der Waals surface area (Å²) in [6.45, 7) is -1.48. The van der Waals surface area contributed by atoms with Crippen LogP contribution in [0.4, 0.5) is 0 Å². The van der Waals surface area contributed by atoms with E-state index >= 15 is 0 Å². The zero-order chi connectivity index (χ0) is 34.8. The normalized spacial score (nSPS) is 36.9. The number of hydrogen-bond acceptors (Lipinski definition) is 19. The fourth-order valence-corrected chi connectivity index (χ4v) is 6.04. The summed E-state index contributed by atoms with van der Waals surface area (Å²) in [7, 11) is -15.6. The summed E-state index contributed by atoms with van der Waals surface area (Å²) < 4.78 is 134. The second kappa shape index (κ2) is 16.3. The molecule has 3 heterocycles. The number of rotatable bonds is 14. The highest BCUT2D eigenvalue weighted by Gasteiger charge is 2.50. The van der Waals surface area contributed by atoms with Gasteiger partial charge < -0.3 is 49.2 Å². The molecule has 47 heavy (non-hydrogen) atoms. The molecule has 0 aliphatic carbocycles. The Balaban J connectivity index is 0.00000768. The molecular weight excluding hydrogens is 716 g/mol. The van der Waals surface area contributed by atoms with Crippen LogP contribution >= 0.6 is 0 Å². The predicted octanol–water partition coefficient (Wildman–Crippen LogP) is -4.00. The van der Waals surface area contributed by atoms with Crippen LogP contribution in [0.15, 0.2) is 11.8 Å². The van der Waals surface area contributed by atoms with Crippen molar-refractivity contribution in [3.63, 3.8) is 0 Å². The van der Waals surface area contributed by atoms with Gasteiger partial charge in [-0.05, 0) is 13.0 Å². The van der Waals surface area contributed by atoms with Crippen LogP contribution in [0.3, 0.4) is 0 Å². The Morgan fingerprint density at radius 2 is 1.40 bits per heavy atom. The first-order chi connectivity index (χ1) is 21.1. The van der Waals surface area contributed by atoms with E-state index < -0.39 is 143 Å². The minimum Gasteiger partial charge on any atom is -0.475 e. The summed E-state index contributed by atoms with van der Waals surface area (Å²) in [5, 5.41) is 50.9. The Morgan fingerprint density at radius 3 is 1.96 bits per heavy atom. The van der Waals surface area contributed by atoms with Gasteiger partial charge in [-0.2, -0.15) is 25.3 Å². The average Bonchev–Trinajstić information content (AvgIpc) is 2.90. The lowest BCUT2D eigenvalue weighted by Gasteiger charge is -2.44. The molecule has 0 spiro atoms. The van der Waals surface area contributed by atoms with Crippen molar-refractivity contribution < 1.29 is 105 Å². The van der Waals surface area contributed by atoms with E-state index in [1.807, 2.05) is 0 Å². The molecule has 0 aromatic heterocycles. The molecule has 23 nitrogen and oxygen atoms in total. The third-order valence-corrected chi connectivity index (χ3v) is 8.25. The molecule has 0 saturated carbocycles. The summed E-state index contributed by atoms with van der Waals surface area (Å²) in [4.78, 5) is 11.3. The summed E-state index contributed by atoms with van der Waals surface area (Å²) in [5.74, 6) is -4.63. The summed E-state index contributed by atoms with van der Waals surface area (Å²) in [6, 6.07) is 0. The lowest BCUT2D eigenvalue weighted by atomic mass is 9.84. The van der Waals surface area contributed by atoms with E-state index in [9.17, 15) is 55.0 Å². The number of aliphatic carboxylic acids is 1. The van der Waals surface area contributed by atoms with E-state index in [-0.39, 0.29) is 7.43 Å². The molecule has 2 saturated heterocycles. The molecule has 0 bridgehead atoms. The standard InChI is InChI=1S/C20H32O23S3.CH4/c1-7-16(42-45(30,31)32)15(24)17(43-46(33,34)35)20(40-7)38-5-9-8(3-36-12(13(9)22)6-39-44(27,28)29)4-37-19-14(23)10(21)2-11(41-19)18(25)26;/h2,7-10,12-17,19-24H,3-6H2,1H3,(H,25,26)(H,27,28,29)(H,30,31,32)(H,33,34,35);1H4/t7?,8?,9?,10?,12?,13-,14?,15?,16+,17?,19+,20+;/m0./s1. The number of hydrogen-bond donors (Lipinski definition) is 8. The quantitative estimate of drug-likeness (QED) is 0.0783. The van der Waals surface area contributed by atoms with Crippen molar-refractivity contribution in [3.8, 4) is 0 Å². The van der Waals surface area contributed by atoms with E-state index in [2.05, 4.69) is 12.5 Å². The van der Waals surface area contributed by atoms with Crippen LogP contribution in [0.2, 0.25) is 0 Å². The van der Waals surface area contributed by atoms with Gasteiger partial charge in [0.15, 0.2) is 12.4 Å². The van der Waals surface area contributed by atoms with Crippen LogP contribution in [-0.4, -0.2) is 158 Å². The fraction of sp³-hybridized carbons (Fsp3) is 0.857. The monoisotopic (exact) mass is 752 g/mol. The first-order valence-corrected chi connectivity index (χ1v) is 16.9. The van der Waals surface area contributed by atoms with Crippen molar-refractivity contribution in [2.45, 2.75) is 75.8 Å². The number of carboxylic acids is 1. The molecular formula is C21H36O23S3. The molecule has 0 aromatic carbocycles. The highest BCUT2D eigenvalue weighted by Crippen LogP contribution is 2.33. The smallest absolute Gasteiger partial charge is 0.397 e. The Hall–Kier alpha value is -1.70. The molecule has 2 fully saturated rings. The van der Waals surface area contributed by atoms with Gasteiger partial charge >= 0.3 is 37.2 Å². The number of aliphatic hydroxyl groups excluding tert-OH is 4. The van der Waals surface area contributed by atoms with Gasteiger partial charge in [0.25, 0.3) is 0 Å². The first kappa shape index (κ1) is 41.5. The predicted molar refractivity (Wildman–Crippen MR) is 145 cm³/mol. The van der Waals surface area contributed by atoms with E-state index in [0.717, 1.165) is 6.92 Å². The van der Waals surface area contributed by atoms with Crippen molar-refractivity contribution in [2.75, 3.05) is 26.4 Å². The maximum Gasteiger partial charge on any atom is 0.397 e. The Kier molecular flexibility index (Phi) is 14.4. The van der Waals surface area contributed by atoms with Crippen LogP contribution in [0.5, 0.6) is 0 Å². The molecule has 276 valence electrons. The number of aliphatic hydroxyl groups is 4. The second-order valence-corrected chi connectivity index (χ2v) is 13.3. The summed E-state index contributed by atoms with van der Waals surface area (Å²) in [6.07, 6.45) is -17.7. The van der Waals surface area contributed by atoms with E-state index in [1.165, 1.54) is 0 Å². The summed E-state index contributed by atoms with van der Waals surface area (Å²) in [5.41, 5.74) is 0. The lowest BCUT2D eigenvalue weighted by Crippen LogP contribution is -2.60. The van der Waals surface area contributed by atoms with Gasteiger partial charge in [0.2, 0.25) is 12.0 Å². The SMILES string of the molecule is C.CC1O[C@@H](OCC2C(CO[C@@H]3OC(C(=O)O)=CC(O)C3O)COC(COS(=O)(=O)O)[C@H]2O)C(OS(=O)(=O)O)C(O)[C@@H]1OS(=O)(=O)O. The molecule has 0 aromatic rings. The van der Waals surface area contributed by atoms with Gasteiger partial charge in [0.05, 0.1) is 38.6 Å². The largest absolute Gasteiger partial charge is 0.475 e. The number of carboxylic acid groups (broad SMARTS) is 1. The van der Waals surface area contributed by atoms with Crippen molar-refractivity contribution in [1.29, 1.82) is 0 Å². The fourth-order valence-electron chi connectivity index (χ4n) is 4.70. The van der Waals surface area contributed by atoms with E-state index in [4.69, 9.17) is 37.9 Å². The Labute approximate surface area is 268 Å². The molecule has 0 radical (unpaired) electrons. The van der Waals surface area contributed by atoms with Gasteiger partial charge in [0, 0.05) is 11.8 Å². The van der Waals surface area contributed by atoms with Crippen molar-refractivity contribution in [2.24, 2.45) is 11.8 Å². The Morgan fingerprint density at radius 1 is 0.830 bits per heavy atom. The number of carbonyl (C=O) groups is 1. The molecule has 26 heteroatoms. The molecule has 3 aliphatic heterocycles. The summed E-state index contributed by atoms with van der Waals surface area (Å²) >= 11 is 0. The van der Waals surface area contributed by atoms with Gasteiger partial charge in [-0.1, -0.05) is 7.43 Å². The third kappa shape index (κ3) is 12.0. The van der Waals surface area contributed by atoms with Gasteiger partial charge in [-0.25, -0.2) is 17.3 Å². The maximum absolute atomic E-state index is 11.5. The van der Waals surface area contributed by atoms with Crippen molar-refractivity contribution in [3.05, 3.63) is 11.8 Å². The third-order valence-electron chi connectivity index (χ3n) is 6.88. The number of ether oxygens (including phenoxy) is 5. The first-order valence-electron chi connectivity index (χ1n) is 12.8. The molecule has 8 unspecified atom stereocenters. The molecule has 0 amide bonds. The maximum atomic E-state index is 11.5. The van der Waals surface area contributed by atoms with Gasteiger partial charge in [-0.3, -0.25) is 13.7 Å². The molecule has 8 N–H and O–H groups in total. The van der Waals surface area contributed by atoms with E-state index in [0.29, 0.717) is 6.08 Å². The lowest BCUT2D eigenvalue weighted by molar-refractivity contribution is -0.293. The minimum absolute atomic E-state index is 0. The van der Waals surface area contributed by atoms with Crippen LogP contribution in [-0.2, 0) is 72.2 Å². The Bertz CT molecular complexity index is 1410. The minimum atomic E-state index is -5.39. The zero-order valence-electron chi connectivity index (χ0n) is 23.3.